The van der Waals surface area contributed by atoms with Crippen LogP contribution in [-0.4, -0.2) is 53.1 Å². The summed E-state index contributed by atoms with van der Waals surface area (Å²) in [6.07, 6.45) is -0.758. The van der Waals surface area contributed by atoms with E-state index in [2.05, 4.69) is 16.0 Å². The average Bonchev–Trinajstić information content (AvgIpc) is 2.64. The molecule has 1 aromatic rings. The maximum Gasteiger partial charge on any atom is 0.475 e. The number of hydrogen-bond donors (Lipinski definition) is 5. The van der Waals surface area contributed by atoms with Crippen molar-refractivity contribution in [1.82, 2.24) is 16.0 Å². The monoisotopic (exact) mass is 393 g/mol. The Bertz CT molecular complexity index is 648. The molecule has 28 heavy (non-hydrogen) atoms. The minimum atomic E-state index is -1.72. The Kier molecular flexibility index (Phi) is 9.47. The van der Waals surface area contributed by atoms with Crippen LogP contribution in [0.3, 0.4) is 0 Å². The topological polar surface area (TPSA) is 137 Å². The van der Waals surface area contributed by atoms with E-state index in [4.69, 9.17) is 4.74 Å². The molecule has 0 aliphatic heterocycles. The third-order valence-electron chi connectivity index (χ3n) is 4.04. The van der Waals surface area contributed by atoms with Gasteiger partial charge in [-0.2, -0.15) is 0 Å². The number of nitrogens with one attached hydrogen (secondary N) is 3. The van der Waals surface area contributed by atoms with Crippen LogP contribution in [0.4, 0.5) is 4.79 Å². The second-order valence-corrected chi connectivity index (χ2v) is 6.85. The van der Waals surface area contributed by atoms with Gasteiger partial charge in [0.05, 0.1) is 5.94 Å². The van der Waals surface area contributed by atoms with Crippen LogP contribution in [0.25, 0.3) is 0 Å². The van der Waals surface area contributed by atoms with Crippen LogP contribution in [0.1, 0.15) is 33.3 Å². The molecule has 3 amide bonds. The molecule has 0 saturated carbocycles. The molecule has 10 heteroatoms. The van der Waals surface area contributed by atoms with Crippen LogP contribution in [0.5, 0.6) is 0 Å². The summed E-state index contributed by atoms with van der Waals surface area (Å²) in [5.41, 5.74) is 0.811. The fourth-order valence-corrected chi connectivity index (χ4v) is 2.29. The Balaban J connectivity index is 2.45. The summed E-state index contributed by atoms with van der Waals surface area (Å²) in [6.45, 7) is 6.42. The van der Waals surface area contributed by atoms with Gasteiger partial charge >= 0.3 is 13.2 Å². The van der Waals surface area contributed by atoms with Crippen LogP contribution in [0, 0.1) is 5.92 Å². The molecule has 1 rings (SSSR count). The van der Waals surface area contributed by atoms with E-state index < -0.39 is 43.1 Å². The van der Waals surface area contributed by atoms with Gasteiger partial charge < -0.3 is 30.7 Å². The zero-order valence-electron chi connectivity index (χ0n) is 16.5. The number of benzene rings is 1. The Labute approximate surface area is 165 Å². The second-order valence-electron chi connectivity index (χ2n) is 6.85. The van der Waals surface area contributed by atoms with Crippen LogP contribution >= 0.6 is 0 Å². The highest BCUT2D eigenvalue weighted by molar-refractivity contribution is 6.43. The van der Waals surface area contributed by atoms with Crippen molar-refractivity contribution >= 4 is 25.0 Å². The smallest absolute Gasteiger partial charge is 0.445 e. The Morgan fingerprint density at radius 1 is 0.929 bits per heavy atom. The van der Waals surface area contributed by atoms with E-state index in [0.29, 0.717) is 0 Å². The van der Waals surface area contributed by atoms with Crippen LogP contribution in [0.15, 0.2) is 30.3 Å². The molecule has 154 valence electrons. The first kappa shape index (κ1) is 23.5. The minimum absolute atomic E-state index is 0.0693. The van der Waals surface area contributed by atoms with Crippen LogP contribution in [0.2, 0.25) is 0 Å². The molecule has 0 heterocycles. The van der Waals surface area contributed by atoms with Crippen molar-refractivity contribution in [2.45, 2.75) is 52.3 Å². The van der Waals surface area contributed by atoms with Gasteiger partial charge in [-0.05, 0) is 25.3 Å². The number of carbonyl (C=O) groups excluding carboxylic acids is 3. The number of amides is 3. The number of rotatable bonds is 9. The van der Waals surface area contributed by atoms with Crippen molar-refractivity contribution in [1.29, 1.82) is 0 Å². The molecule has 1 aromatic carbocycles. The van der Waals surface area contributed by atoms with Gasteiger partial charge in [0.25, 0.3) is 0 Å². The fraction of sp³-hybridized carbons (Fsp3) is 0.500. The minimum Gasteiger partial charge on any atom is -0.445 e. The van der Waals surface area contributed by atoms with Gasteiger partial charge in [-0.25, -0.2) is 4.79 Å². The number of carbonyl (C=O) groups is 3. The van der Waals surface area contributed by atoms with Gasteiger partial charge in [0.1, 0.15) is 18.7 Å². The molecule has 0 bridgehead atoms. The molecular weight excluding hydrogens is 365 g/mol. The largest absolute Gasteiger partial charge is 0.475 e. The molecule has 0 saturated heterocycles. The van der Waals surface area contributed by atoms with Gasteiger partial charge in [-0.3, -0.25) is 9.59 Å². The quantitative estimate of drug-likeness (QED) is 0.374. The first-order valence-corrected chi connectivity index (χ1v) is 9.06. The van der Waals surface area contributed by atoms with E-state index in [1.807, 2.05) is 18.2 Å². The van der Waals surface area contributed by atoms with Crippen molar-refractivity contribution < 1.29 is 29.2 Å². The highest BCUT2D eigenvalue weighted by Gasteiger charge is 2.30. The molecule has 0 aliphatic rings. The van der Waals surface area contributed by atoms with Crippen molar-refractivity contribution in [2.75, 3.05) is 0 Å². The number of ether oxygens (including phenoxy) is 1. The van der Waals surface area contributed by atoms with Crippen LogP contribution in [-0.2, 0) is 20.9 Å². The van der Waals surface area contributed by atoms with E-state index in [1.165, 1.54) is 13.8 Å². The SMILES string of the molecule is CC(C)[C@H](NC(=O)[C@H](C)NC(=O)[C@H](C)NC(=O)OCc1ccccc1)B(O)O. The van der Waals surface area contributed by atoms with E-state index in [-0.39, 0.29) is 12.5 Å². The first-order valence-electron chi connectivity index (χ1n) is 9.06. The Morgan fingerprint density at radius 2 is 1.46 bits per heavy atom. The molecule has 0 aliphatic carbocycles. The summed E-state index contributed by atoms with van der Waals surface area (Å²) >= 11 is 0. The molecular formula is C18H28BN3O6. The molecule has 0 unspecified atom stereocenters. The lowest BCUT2D eigenvalue weighted by Crippen LogP contribution is -2.56. The zero-order chi connectivity index (χ0) is 21.3. The van der Waals surface area contributed by atoms with Crippen molar-refractivity contribution in [3.63, 3.8) is 0 Å². The standard InChI is InChI=1S/C18H28BN3O6/c1-11(2)15(19(26)27)22-17(24)12(3)20-16(23)13(4)21-18(25)28-10-14-8-6-5-7-9-14/h5-9,11-13,15,26-27H,10H2,1-4H3,(H,20,23)(H,21,25)(H,22,24)/t12-,13-,15-/m0/s1. The van der Waals surface area contributed by atoms with Gasteiger partial charge in [0, 0.05) is 0 Å². The summed E-state index contributed by atoms with van der Waals surface area (Å²) < 4.78 is 5.04. The summed E-state index contributed by atoms with van der Waals surface area (Å²) in [7, 11) is -1.72. The molecule has 0 fully saturated rings. The van der Waals surface area contributed by atoms with Crippen LogP contribution < -0.4 is 16.0 Å². The molecule has 9 nitrogen and oxygen atoms in total. The van der Waals surface area contributed by atoms with Crippen molar-refractivity contribution in [3.8, 4) is 0 Å². The van der Waals surface area contributed by atoms with E-state index >= 15 is 0 Å². The maximum absolute atomic E-state index is 12.2. The second kappa shape index (κ2) is 11.3. The molecule has 0 aromatic heterocycles. The lowest BCUT2D eigenvalue weighted by Gasteiger charge is -2.24. The van der Waals surface area contributed by atoms with E-state index in [0.717, 1.165) is 5.56 Å². The summed E-state index contributed by atoms with van der Waals surface area (Å²) in [5.74, 6) is -2.23. The Hall–Kier alpha value is -2.59. The Morgan fingerprint density at radius 3 is 2.00 bits per heavy atom. The fourth-order valence-electron chi connectivity index (χ4n) is 2.29. The van der Waals surface area contributed by atoms with Gasteiger partial charge in [-0.1, -0.05) is 44.2 Å². The predicted octanol–water partition coefficient (Wildman–Crippen LogP) is -0.0412. The first-order chi connectivity index (χ1) is 13.1. The summed E-state index contributed by atoms with van der Waals surface area (Å²) in [6, 6.07) is 7.23. The van der Waals surface area contributed by atoms with E-state index in [9.17, 15) is 24.4 Å². The van der Waals surface area contributed by atoms with E-state index in [1.54, 1.807) is 26.0 Å². The molecule has 3 atom stereocenters. The summed E-state index contributed by atoms with van der Waals surface area (Å²) in [5, 5.41) is 25.9. The molecule has 5 N–H and O–H groups in total. The molecule has 0 spiro atoms. The van der Waals surface area contributed by atoms with Gasteiger partial charge in [0.15, 0.2) is 0 Å². The summed E-state index contributed by atoms with van der Waals surface area (Å²) in [4.78, 5) is 36.1. The third kappa shape index (κ3) is 7.97. The van der Waals surface area contributed by atoms with Crippen molar-refractivity contribution in [2.24, 2.45) is 5.92 Å². The zero-order valence-corrected chi connectivity index (χ0v) is 16.5. The van der Waals surface area contributed by atoms with Gasteiger partial charge in [0.2, 0.25) is 11.8 Å². The lowest BCUT2D eigenvalue weighted by molar-refractivity contribution is -0.129. The van der Waals surface area contributed by atoms with Crippen molar-refractivity contribution in [3.05, 3.63) is 35.9 Å². The number of alkyl carbamates (subject to hydrolysis) is 1. The van der Waals surface area contributed by atoms with Gasteiger partial charge in [-0.15, -0.1) is 0 Å². The highest BCUT2D eigenvalue weighted by atomic mass is 16.5. The normalized spacial score (nSPS) is 13.8. The highest BCUT2D eigenvalue weighted by Crippen LogP contribution is 2.03. The number of hydrogen-bond acceptors (Lipinski definition) is 6. The third-order valence-corrected chi connectivity index (χ3v) is 4.04. The predicted molar refractivity (Wildman–Crippen MR) is 104 cm³/mol. The molecule has 0 radical (unpaired) electrons. The lowest BCUT2D eigenvalue weighted by atomic mass is 9.73. The maximum atomic E-state index is 12.2. The average molecular weight is 393 g/mol.